The third-order valence-corrected chi connectivity index (χ3v) is 5.03. The summed E-state index contributed by atoms with van der Waals surface area (Å²) in [7, 11) is 0. The molecule has 1 saturated heterocycles. The molecule has 8 heteroatoms. The second-order valence-electron chi connectivity index (χ2n) is 6.11. The SMILES string of the molecule is CC(n1cncn1)C1(c2ccc(Oc3ccc(Cl)cc3)cc2Cl)OCCO1. The van der Waals surface area contributed by atoms with Gasteiger partial charge in [-0.25, -0.2) is 9.67 Å². The Labute approximate surface area is 166 Å². The van der Waals surface area contributed by atoms with Crippen LogP contribution in [0.3, 0.4) is 0 Å². The largest absolute Gasteiger partial charge is 0.457 e. The fraction of sp³-hybridized carbons (Fsp3) is 0.263. The van der Waals surface area contributed by atoms with E-state index in [9.17, 15) is 0 Å². The molecule has 1 aliphatic heterocycles. The number of rotatable bonds is 5. The normalized spacial score (nSPS) is 17.0. The average molecular weight is 406 g/mol. The molecule has 0 bridgehead atoms. The standard InChI is InChI=1S/C19H17Cl2N3O3/c1-13(24-12-22-11-23-24)19(25-8-9-26-19)17-7-6-16(10-18(17)21)27-15-4-2-14(20)3-5-15/h2-7,10-13H,8-9H2,1H3. The Hall–Kier alpha value is -2.12. The van der Waals surface area contributed by atoms with Gasteiger partial charge in [0.15, 0.2) is 0 Å². The summed E-state index contributed by atoms with van der Waals surface area (Å²) in [5.74, 6) is 0.235. The molecule has 0 amide bonds. The fourth-order valence-electron chi connectivity index (χ4n) is 3.12. The van der Waals surface area contributed by atoms with Crippen LogP contribution in [-0.2, 0) is 15.3 Å². The zero-order chi connectivity index (χ0) is 18.9. The molecule has 1 aliphatic rings. The molecule has 1 atom stereocenters. The van der Waals surface area contributed by atoms with E-state index < -0.39 is 5.79 Å². The summed E-state index contributed by atoms with van der Waals surface area (Å²) in [5.41, 5.74) is 0.716. The van der Waals surface area contributed by atoms with Crippen LogP contribution in [-0.4, -0.2) is 28.0 Å². The van der Waals surface area contributed by atoms with Gasteiger partial charge in [0, 0.05) is 10.6 Å². The first-order valence-electron chi connectivity index (χ1n) is 8.44. The fourth-order valence-corrected chi connectivity index (χ4v) is 3.55. The molecule has 0 radical (unpaired) electrons. The van der Waals surface area contributed by atoms with Crippen LogP contribution in [0.4, 0.5) is 0 Å². The summed E-state index contributed by atoms with van der Waals surface area (Å²) in [5, 5.41) is 5.34. The van der Waals surface area contributed by atoms with Crippen LogP contribution in [0.1, 0.15) is 18.5 Å². The number of halogens is 2. The van der Waals surface area contributed by atoms with Crippen molar-refractivity contribution in [1.29, 1.82) is 0 Å². The van der Waals surface area contributed by atoms with Gasteiger partial charge in [-0.1, -0.05) is 23.2 Å². The highest BCUT2D eigenvalue weighted by atomic mass is 35.5. The van der Waals surface area contributed by atoms with Crippen LogP contribution >= 0.6 is 23.2 Å². The minimum absolute atomic E-state index is 0.261. The molecule has 1 aromatic heterocycles. The molecule has 1 unspecified atom stereocenters. The summed E-state index contributed by atoms with van der Waals surface area (Å²) in [6.45, 7) is 2.89. The third-order valence-electron chi connectivity index (χ3n) is 4.47. The Kier molecular flexibility index (Phi) is 5.06. The van der Waals surface area contributed by atoms with Crippen molar-refractivity contribution in [3.05, 3.63) is 70.7 Å². The smallest absolute Gasteiger partial charge is 0.219 e. The minimum Gasteiger partial charge on any atom is -0.457 e. The molecular formula is C19H17Cl2N3O3. The summed E-state index contributed by atoms with van der Waals surface area (Å²) in [6.07, 6.45) is 3.10. The molecule has 140 valence electrons. The predicted molar refractivity (Wildman–Crippen MR) is 101 cm³/mol. The van der Waals surface area contributed by atoms with Gasteiger partial charge in [0.05, 0.1) is 18.2 Å². The van der Waals surface area contributed by atoms with Gasteiger partial charge in [-0.15, -0.1) is 0 Å². The van der Waals surface area contributed by atoms with E-state index in [-0.39, 0.29) is 6.04 Å². The third kappa shape index (κ3) is 3.53. The molecule has 1 fully saturated rings. The lowest BCUT2D eigenvalue weighted by atomic mass is 9.98. The molecule has 0 saturated carbocycles. The summed E-state index contributed by atoms with van der Waals surface area (Å²) in [6, 6.07) is 12.3. The highest BCUT2D eigenvalue weighted by molar-refractivity contribution is 6.31. The second kappa shape index (κ2) is 7.48. The van der Waals surface area contributed by atoms with E-state index in [1.807, 2.05) is 19.1 Å². The Balaban J connectivity index is 1.65. The van der Waals surface area contributed by atoms with E-state index in [0.717, 1.165) is 0 Å². The Morgan fingerprint density at radius 1 is 1.07 bits per heavy atom. The quantitative estimate of drug-likeness (QED) is 0.607. The van der Waals surface area contributed by atoms with Crippen molar-refractivity contribution in [2.45, 2.75) is 18.8 Å². The maximum Gasteiger partial charge on any atom is 0.219 e. The van der Waals surface area contributed by atoms with Gasteiger partial charge in [0.25, 0.3) is 0 Å². The van der Waals surface area contributed by atoms with Crippen molar-refractivity contribution < 1.29 is 14.2 Å². The van der Waals surface area contributed by atoms with Crippen LogP contribution in [0.25, 0.3) is 0 Å². The summed E-state index contributed by atoms with van der Waals surface area (Å²) in [4.78, 5) is 4.01. The van der Waals surface area contributed by atoms with Gasteiger partial charge in [-0.2, -0.15) is 5.10 Å². The number of ether oxygens (including phenoxy) is 3. The maximum atomic E-state index is 6.59. The molecule has 3 aromatic rings. The van der Waals surface area contributed by atoms with Crippen molar-refractivity contribution >= 4 is 23.2 Å². The predicted octanol–water partition coefficient (Wildman–Crippen LogP) is 4.84. The van der Waals surface area contributed by atoms with Gasteiger partial charge >= 0.3 is 0 Å². The Morgan fingerprint density at radius 3 is 2.41 bits per heavy atom. The van der Waals surface area contributed by atoms with Crippen LogP contribution in [0.15, 0.2) is 55.1 Å². The van der Waals surface area contributed by atoms with Gasteiger partial charge in [-0.3, -0.25) is 0 Å². The monoisotopic (exact) mass is 405 g/mol. The van der Waals surface area contributed by atoms with Crippen molar-refractivity contribution in [2.75, 3.05) is 13.2 Å². The molecule has 27 heavy (non-hydrogen) atoms. The number of hydrogen-bond donors (Lipinski definition) is 0. The molecule has 2 aromatic carbocycles. The Bertz CT molecular complexity index is 910. The van der Waals surface area contributed by atoms with Crippen LogP contribution in [0, 0.1) is 0 Å². The summed E-state index contributed by atoms with van der Waals surface area (Å²) < 4.78 is 19.6. The average Bonchev–Trinajstić information content (AvgIpc) is 3.36. The lowest BCUT2D eigenvalue weighted by molar-refractivity contribution is -0.197. The lowest BCUT2D eigenvalue weighted by Gasteiger charge is -2.34. The topological polar surface area (TPSA) is 58.4 Å². The van der Waals surface area contributed by atoms with E-state index in [2.05, 4.69) is 10.1 Å². The van der Waals surface area contributed by atoms with Gasteiger partial charge in [0.1, 0.15) is 30.2 Å². The first-order valence-corrected chi connectivity index (χ1v) is 9.19. The molecule has 2 heterocycles. The number of benzene rings is 2. The highest BCUT2D eigenvalue weighted by Crippen LogP contribution is 2.44. The van der Waals surface area contributed by atoms with E-state index in [1.165, 1.54) is 6.33 Å². The molecule has 4 rings (SSSR count). The molecule has 0 N–H and O–H groups in total. The van der Waals surface area contributed by atoms with Gasteiger partial charge in [0.2, 0.25) is 5.79 Å². The van der Waals surface area contributed by atoms with Crippen LogP contribution in [0.2, 0.25) is 10.0 Å². The maximum absolute atomic E-state index is 6.59. The van der Waals surface area contributed by atoms with Crippen LogP contribution < -0.4 is 4.74 Å². The summed E-state index contributed by atoms with van der Waals surface area (Å²) >= 11 is 12.5. The number of aromatic nitrogens is 3. The first kappa shape index (κ1) is 18.3. The first-order chi connectivity index (χ1) is 13.1. The van der Waals surface area contributed by atoms with E-state index in [1.54, 1.807) is 41.3 Å². The zero-order valence-electron chi connectivity index (χ0n) is 14.5. The number of hydrogen-bond acceptors (Lipinski definition) is 5. The minimum atomic E-state index is -1.04. The molecular weight excluding hydrogens is 389 g/mol. The van der Waals surface area contributed by atoms with E-state index in [0.29, 0.717) is 40.3 Å². The van der Waals surface area contributed by atoms with Gasteiger partial charge < -0.3 is 14.2 Å². The second-order valence-corrected chi connectivity index (χ2v) is 6.96. The van der Waals surface area contributed by atoms with Crippen molar-refractivity contribution in [1.82, 2.24) is 14.8 Å². The molecule has 0 aliphatic carbocycles. The lowest BCUT2D eigenvalue weighted by Crippen LogP contribution is -2.37. The highest BCUT2D eigenvalue weighted by Gasteiger charge is 2.47. The van der Waals surface area contributed by atoms with E-state index >= 15 is 0 Å². The van der Waals surface area contributed by atoms with Gasteiger partial charge in [-0.05, 0) is 49.4 Å². The van der Waals surface area contributed by atoms with Crippen LogP contribution in [0.5, 0.6) is 11.5 Å². The zero-order valence-corrected chi connectivity index (χ0v) is 16.0. The Morgan fingerprint density at radius 2 is 1.78 bits per heavy atom. The van der Waals surface area contributed by atoms with Crippen molar-refractivity contribution in [2.24, 2.45) is 0 Å². The molecule has 6 nitrogen and oxygen atoms in total. The van der Waals surface area contributed by atoms with Crippen molar-refractivity contribution in [3.8, 4) is 11.5 Å². The number of nitrogens with zero attached hydrogens (tertiary/aromatic N) is 3. The molecule has 0 spiro atoms. The van der Waals surface area contributed by atoms with E-state index in [4.69, 9.17) is 37.4 Å². The van der Waals surface area contributed by atoms with Crippen molar-refractivity contribution in [3.63, 3.8) is 0 Å².